The summed E-state index contributed by atoms with van der Waals surface area (Å²) in [6, 6.07) is 9.40. The Kier molecular flexibility index (Phi) is 2.71. The number of phenolic OH excluding ortho intramolecular Hbond substituents is 1. The Balaban J connectivity index is 2.10. The Morgan fingerprint density at radius 2 is 1.94 bits per heavy atom. The first-order valence-electron chi connectivity index (χ1n) is 6.54. The molecule has 2 aromatic rings. The molecule has 1 heterocycles. The van der Waals surface area contributed by atoms with Gasteiger partial charge in [-0.1, -0.05) is 18.9 Å². The van der Waals surface area contributed by atoms with Crippen LogP contribution in [0.1, 0.15) is 31.4 Å². The Labute approximate surface area is 107 Å². The molecule has 1 aliphatic carbocycles. The molecule has 1 aromatic heterocycles. The SMILES string of the molecule is NCC1(c2ccc3cc(O)ccc3n2)CCCC1. The van der Waals surface area contributed by atoms with Gasteiger partial charge >= 0.3 is 0 Å². The molecule has 0 radical (unpaired) electrons. The van der Waals surface area contributed by atoms with Gasteiger partial charge in [0.1, 0.15) is 5.75 Å². The Hall–Kier alpha value is -1.61. The molecule has 1 saturated carbocycles. The zero-order valence-electron chi connectivity index (χ0n) is 10.4. The van der Waals surface area contributed by atoms with Gasteiger partial charge in [-0.3, -0.25) is 4.98 Å². The zero-order valence-corrected chi connectivity index (χ0v) is 10.4. The first-order valence-corrected chi connectivity index (χ1v) is 6.54. The summed E-state index contributed by atoms with van der Waals surface area (Å²) in [6.07, 6.45) is 4.76. The van der Waals surface area contributed by atoms with Crippen LogP contribution in [0, 0.1) is 0 Å². The van der Waals surface area contributed by atoms with Gasteiger partial charge in [0.2, 0.25) is 0 Å². The molecule has 3 rings (SSSR count). The lowest BCUT2D eigenvalue weighted by molar-refractivity contribution is 0.441. The average Bonchev–Trinajstić information content (AvgIpc) is 2.88. The van der Waals surface area contributed by atoms with Crippen molar-refractivity contribution in [3.05, 3.63) is 36.0 Å². The van der Waals surface area contributed by atoms with Crippen molar-refractivity contribution in [1.29, 1.82) is 0 Å². The molecular formula is C15H18N2O. The average molecular weight is 242 g/mol. The van der Waals surface area contributed by atoms with Gasteiger partial charge in [0.25, 0.3) is 0 Å². The molecule has 0 aliphatic heterocycles. The first kappa shape index (κ1) is 11.5. The fourth-order valence-electron chi connectivity index (χ4n) is 3.02. The normalized spacial score (nSPS) is 18.3. The molecule has 3 N–H and O–H groups in total. The highest BCUT2D eigenvalue weighted by molar-refractivity contribution is 5.80. The molecular weight excluding hydrogens is 224 g/mol. The van der Waals surface area contributed by atoms with E-state index < -0.39 is 0 Å². The smallest absolute Gasteiger partial charge is 0.116 e. The maximum atomic E-state index is 9.46. The quantitative estimate of drug-likeness (QED) is 0.851. The minimum Gasteiger partial charge on any atom is -0.508 e. The second-order valence-corrected chi connectivity index (χ2v) is 5.27. The summed E-state index contributed by atoms with van der Waals surface area (Å²) >= 11 is 0. The molecule has 1 aliphatic rings. The molecule has 1 aromatic carbocycles. The van der Waals surface area contributed by atoms with E-state index in [-0.39, 0.29) is 11.2 Å². The van der Waals surface area contributed by atoms with Crippen LogP contribution in [0.3, 0.4) is 0 Å². The van der Waals surface area contributed by atoms with Crippen LogP contribution < -0.4 is 5.73 Å². The van der Waals surface area contributed by atoms with Crippen LogP contribution in [0.5, 0.6) is 5.75 Å². The van der Waals surface area contributed by atoms with E-state index in [1.807, 2.05) is 12.1 Å². The lowest BCUT2D eigenvalue weighted by Gasteiger charge is -2.26. The predicted octanol–water partition coefficient (Wildman–Crippen LogP) is 2.71. The van der Waals surface area contributed by atoms with Crippen molar-refractivity contribution in [2.75, 3.05) is 6.54 Å². The third-order valence-corrected chi connectivity index (χ3v) is 4.17. The number of pyridine rings is 1. The van der Waals surface area contributed by atoms with Crippen molar-refractivity contribution in [2.45, 2.75) is 31.1 Å². The van der Waals surface area contributed by atoms with Gasteiger partial charge in [-0.05, 0) is 37.1 Å². The molecule has 0 spiro atoms. The molecule has 94 valence electrons. The van der Waals surface area contributed by atoms with Gasteiger partial charge in [0, 0.05) is 23.0 Å². The van der Waals surface area contributed by atoms with E-state index in [4.69, 9.17) is 10.7 Å². The van der Waals surface area contributed by atoms with Gasteiger partial charge < -0.3 is 10.8 Å². The van der Waals surface area contributed by atoms with Crippen LogP contribution in [0.25, 0.3) is 10.9 Å². The number of nitrogens with zero attached hydrogens (tertiary/aromatic N) is 1. The summed E-state index contributed by atoms with van der Waals surface area (Å²) < 4.78 is 0. The fourth-order valence-corrected chi connectivity index (χ4v) is 3.02. The monoisotopic (exact) mass is 242 g/mol. The lowest BCUT2D eigenvalue weighted by atomic mass is 9.82. The van der Waals surface area contributed by atoms with E-state index >= 15 is 0 Å². The molecule has 0 unspecified atom stereocenters. The summed E-state index contributed by atoms with van der Waals surface area (Å²) in [4.78, 5) is 4.75. The van der Waals surface area contributed by atoms with Crippen molar-refractivity contribution in [2.24, 2.45) is 5.73 Å². The van der Waals surface area contributed by atoms with Gasteiger partial charge in [-0.2, -0.15) is 0 Å². The number of hydrogen-bond donors (Lipinski definition) is 2. The van der Waals surface area contributed by atoms with Gasteiger partial charge in [-0.25, -0.2) is 0 Å². The number of aromatic hydroxyl groups is 1. The standard InChI is InChI=1S/C15H18N2O/c16-10-15(7-1-2-8-15)14-6-3-11-9-12(18)4-5-13(11)17-14/h3-6,9,18H,1-2,7-8,10,16H2. The van der Waals surface area contributed by atoms with E-state index in [0.717, 1.165) is 29.4 Å². The van der Waals surface area contributed by atoms with E-state index in [1.165, 1.54) is 12.8 Å². The van der Waals surface area contributed by atoms with Gasteiger partial charge in [-0.15, -0.1) is 0 Å². The van der Waals surface area contributed by atoms with Gasteiger partial charge in [0.15, 0.2) is 0 Å². The highest BCUT2D eigenvalue weighted by Gasteiger charge is 2.35. The highest BCUT2D eigenvalue weighted by atomic mass is 16.3. The number of rotatable bonds is 2. The number of nitrogens with two attached hydrogens (primary N) is 1. The highest BCUT2D eigenvalue weighted by Crippen LogP contribution is 2.39. The van der Waals surface area contributed by atoms with Crippen molar-refractivity contribution in [1.82, 2.24) is 4.98 Å². The van der Waals surface area contributed by atoms with Crippen LogP contribution in [-0.4, -0.2) is 16.6 Å². The Morgan fingerprint density at radius 1 is 1.17 bits per heavy atom. The largest absolute Gasteiger partial charge is 0.508 e. The van der Waals surface area contributed by atoms with Crippen molar-refractivity contribution >= 4 is 10.9 Å². The second-order valence-electron chi connectivity index (χ2n) is 5.27. The summed E-state index contributed by atoms with van der Waals surface area (Å²) in [6.45, 7) is 0.670. The third-order valence-electron chi connectivity index (χ3n) is 4.17. The summed E-state index contributed by atoms with van der Waals surface area (Å²) in [7, 11) is 0. The summed E-state index contributed by atoms with van der Waals surface area (Å²) in [5, 5.41) is 10.4. The molecule has 0 amide bonds. The molecule has 18 heavy (non-hydrogen) atoms. The van der Waals surface area contributed by atoms with Crippen LogP contribution in [0.2, 0.25) is 0 Å². The molecule has 0 saturated heterocycles. The van der Waals surface area contributed by atoms with E-state index in [0.29, 0.717) is 6.54 Å². The van der Waals surface area contributed by atoms with Gasteiger partial charge in [0.05, 0.1) is 5.52 Å². The second kappa shape index (κ2) is 4.25. The lowest BCUT2D eigenvalue weighted by Crippen LogP contribution is -2.32. The predicted molar refractivity (Wildman–Crippen MR) is 72.6 cm³/mol. The maximum absolute atomic E-state index is 9.46. The first-order chi connectivity index (χ1) is 8.73. The van der Waals surface area contributed by atoms with Crippen molar-refractivity contribution in [3.63, 3.8) is 0 Å². The number of hydrogen-bond acceptors (Lipinski definition) is 3. The molecule has 1 fully saturated rings. The van der Waals surface area contributed by atoms with E-state index in [9.17, 15) is 5.11 Å². The maximum Gasteiger partial charge on any atom is 0.116 e. The molecule has 3 heteroatoms. The van der Waals surface area contributed by atoms with E-state index in [2.05, 4.69) is 6.07 Å². The van der Waals surface area contributed by atoms with Crippen molar-refractivity contribution < 1.29 is 5.11 Å². The van der Waals surface area contributed by atoms with Crippen LogP contribution in [0.4, 0.5) is 0 Å². The number of fused-ring (bicyclic) bond motifs is 1. The topological polar surface area (TPSA) is 59.1 Å². The Morgan fingerprint density at radius 3 is 2.67 bits per heavy atom. The summed E-state index contributed by atoms with van der Waals surface area (Å²) in [5.41, 5.74) is 8.11. The van der Waals surface area contributed by atoms with Crippen LogP contribution >= 0.6 is 0 Å². The zero-order chi connectivity index (χ0) is 12.6. The minimum absolute atomic E-state index is 0.0755. The van der Waals surface area contributed by atoms with Crippen molar-refractivity contribution in [3.8, 4) is 5.75 Å². The van der Waals surface area contributed by atoms with Crippen LogP contribution in [0.15, 0.2) is 30.3 Å². The summed E-state index contributed by atoms with van der Waals surface area (Å²) in [5.74, 6) is 0.284. The van der Waals surface area contributed by atoms with Crippen LogP contribution in [-0.2, 0) is 5.41 Å². The minimum atomic E-state index is 0.0755. The number of aromatic nitrogens is 1. The molecule has 0 atom stereocenters. The third kappa shape index (κ3) is 1.75. The molecule has 0 bridgehead atoms. The number of benzene rings is 1. The van der Waals surface area contributed by atoms with E-state index in [1.54, 1.807) is 12.1 Å². The Bertz CT molecular complexity index is 574. The molecule has 3 nitrogen and oxygen atoms in total. The number of phenols is 1. The fraction of sp³-hybridized carbons (Fsp3) is 0.400.